The van der Waals surface area contributed by atoms with Crippen LogP contribution in [0.4, 0.5) is 0 Å². The maximum Gasteiger partial charge on any atom is 0.200 e. The molecule has 0 saturated heterocycles. The summed E-state index contributed by atoms with van der Waals surface area (Å²) in [5.74, 6) is 5.69. The Hall–Kier alpha value is -1.53. The SMILES string of the molecule is CC(C)(C)C#CC=CS(=O)(=O)c1ccccc1. The Morgan fingerprint density at radius 2 is 1.71 bits per heavy atom. The van der Waals surface area contributed by atoms with E-state index in [-0.39, 0.29) is 10.3 Å². The van der Waals surface area contributed by atoms with E-state index in [1.165, 1.54) is 6.08 Å². The molecule has 0 atom stereocenters. The van der Waals surface area contributed by atoms with Crippen LogP contribution in [0, 0.1) is 17.3 Å². The first kappa shape index (κ1) is 13.5. The molecule has 0 bridgehead atoms. The fraction of sp³-hybridized carbons (Fsp3) is 0.286. The number of hydrogen-bond acceptors (Lipinski definition) is 2. The van der Waals surface area contributed by atoms with E-state index in [1.807, 2.05) is 20.8 Å². The van der Waals surface area contributed by atoms with Crippen molar-refractivity contribution in [1.29, 1.82) is 0 Å². The van der Waals surface area contributed by atoms with Gasteiger partial charge in [0, 0.05) is 10.8 Å². The van der Waals surface area contributed by atoms with Gasteiger partial charge in [0.25, 0.3) is 0 Å². The van der Waals surface area contributed by atoms with Gasteiger partial charge in [0.2, 0.25) is 0 Å². The quantitative estimate of drug-likeness (QED) is 0.754. The van der Waals surface area contributed by atoms with Crippen molar-refractivity contribution in [3.63, 3.8) is 0 Å². The van der Waals surface area contributed by atoms with Gasteiger partial charge < -0.3 is 0 Å². The Morgan fingerprint density at radius 1 is 1.12 bits per heavy atom. The second kappa shape index (κ2) is 5.20. The molecule has 1 aromatic rings. The average Bonchev–Trinajstić information content (AvgIpc) is 2.25. The second-order valence-electron chi connectivity index (χ2n) is 4.68. The monoisotopic (exact) mass is 248 g/mol. The minimum atomic E-state index is -3.36. The Balaban J connectivity index is 2.88. The highest BCUT2D eigenvalue weighted by Gasteiger charge is 2.08. The summed E-state index contributed by atoms with van der Waals surface area (Å²) < 4.78 is 23.6. The Bertz CT molecular complexity index is 550. The van der Waals surface area contributed by atoms with Crippen LogP contribution in [0.3, 0.4) is 0 Å². The number of sulfone groups is 1. The van der Waals surface area contributed by atoms with Gasteiger partial charge in [0.1, 0.15) is 0 Å². The molecule has 1 aromatic carbocycles. The molecule has 0 amide bonds. The van der Waals surface area contributed by atoms with Gasteiger partial charge in [-0.1, -0.05) is 30.0 Å². The van der Waals surface area contributed by atoms with Crippen LogP contribution in [-0.2, 0) is 9.84 Å². The van der Waals surface area contributed by atoms with Crippen LogP contribution in [-0.4, -0.2) is 8.42 Å². The Morgan fingerprint density at radius 3 is 2.24 bits per heavy atom. The van der Waals surface area contributed by atoms with E-state index < -0.39 is 9.84 Å². The molecule has 0 heterocycles. The van der Waals surface area contributed by atoms with Crippen LogP contribution in [0.15, 0.2) is 46.7 Å². The van der Waals surface area contributed by atoms with E-state index in [1.54, 1.807) is 30.3 Å². The van der Waals surface area contributed by atoms with Crippen LogP contribution in [0.5, 0.6) is 0 Å². The third kappa shape index (κ3) is 4.88. The molecule has 2 nitrogen and oxygen atoms in total. The van der Waals surface area contributed by atoms with Crippen molar-refractivity contribution in [2.45, 2.75) is 25.7 Å². The van der Waals surface area contributed by atoms with Crippen molar-refractivity contribution in [2.75, 3.05) is 0 Å². The molecule has 1 rings (SSSR count). The van der Waals surface area contributed by atoms with E-state index in [9.17, 15) is 8.42 Å². The minimum Gasteiger partial charge on any atom is -0.219 e. The summed E-state index contributed by atoms with van der Waals surface area (Å²) in [5.41, 5.74) is -0.124. The van der Waals surface area contributed by atoms with Gasteiger partial charge in [-0.25, -0.2) is 8.42 Å². The van der Waals surface area contributed by atoms with Gasteiger partial charge in [-0.2, -0.15) is 0 Å². The van der Waals surface area contributed by atoms with Gasteiger partial charge in [-0.15, -0.1) is 0 Å². The molecule has 0 saturated carbocycles. The average molecular weight is 248 g/mol. The van der Waals surface area contributed by atoms with E-state index in [0.717, 1.165) is 5.41 Å². The van der Waals surface area contributed by atoms with Crippen LogP contribution in [0.1, 0.15) is 20.8 Å². The molecular formula is C14H16O2S. The fourth-order valence-electron chi connectivity index (χ4n) is 1.07. The van der Waals surface area contributed by atoms with Crippen LogP contribution >= 0.6 is 0 Å². The number of allylic oxidation sites excluding steroid dienone is 1. The Labute approximate surface area is 103 Å². The lowest BCUT2D eigenvalue weighted by atomic mass is 9.98. The first-order valence-corrected chi connectivity index (χ1v) is 6.85. The molecule has 0 radical (unpaired) electrons. The molecule has 0 aliphatic heterocycles. The molecule has 0 spiro atoms. The van der Waals surface area contributed by atoms with Crippen molar-refractivity contribution in [1.82, 2.24) is 0 Å². The highest BCUT2D eigenvalue weighted by Crippen LogP contribution is 2.12. The zero-order valence-corrected chi connectivity index (χ0v) is 11.1. The molecule has 0 fully saturated rings. The van der Waals surface area contributed by atoms with Crippen molar-refractivity contribution in [2.24, 2.45) is 5.41 Å². The van der Waals surface area contributed by atoms with Gasteiger partial charge in [0.05, 0.1) is 4.90 Å². The molecule has 3 heteroatoms. The lowest BCUT2D eigenvalue weighted by Gasteiger charge is -2.05. The molecule has 0 aromatic heterocycles. The largest absolute Gasteiger partial charge is 0.219 e. The topological polar surface area (TPSA) is 34.1 Å². The molecule has 90 valence electrons. The summed E-state index contributed by atoms with van der Waals surface area (Å²) in [7, 11) is -3.36. The molecule has 0 aliphatic carbocycles. The van der Waals surface area contributed by atoms with Gasteiger partial charge in [0.15, 0.2) is 9.84 Å². The van der Waals surface area contributed by atoms with Crippen LogP contribution in [0.2, 0.25) is 0 Å². The normalized spacial score (nSPS) is 12.2. The highest BCUT2D eigenvalue weighted by molar-refractivity contribution is 7.94. The predicted octanol–water partition coefficient (Wildman–Crippen LogP) is 3.02. The summed E-state index contributed by atoms with van der Waals surface area (Å²) in [6.07, 6.45) is 1.38. The van der Waals surface area contributed by atoms with E-state index in [0.29, 0.717) is 0 Å². The lowest BCUT2D eigenvalue weighted by Crippen LogP contribution is -1.99. The molecular weight excluding hydrogens is 232 g/mol. The van der Waals surface area contributed by atoms with E-state index >= 15 is 0 Å². The summed E-state index contributed by atoms with van der Waals surface area (Å²) in [6.45, 7) is 5.92. The van der Waals surface area contributed by atoms with Crippen molar-refractivity contribution in [3.8, 4) is 11.8 Å². The maximum absolute atomic E-state index is 11.8. The highest BCUT2D eigenvalue weighted by atomic mass is 32.2. The third-order valence-corrected chi connectivity index (χ3v) is 3.27. The molecule has 0 aliphatic rings. The fourth-order valence-corrected chi connectivity index (χ4v) is 2.01. The van der Waals surface area contributed by atoms with Crippen molar-refractivity contribution >= 4 is 9.84 Å². The summed E-state index contributed by atoms with van der Waals surface area (Å²) in [5, 5.41) is 1.14. The standard InChI is InChI=1S/C14H16O2S/c1-14(2,3)11-7-8-12-17(15,16)13-9-5-4-6-10-13/h4-6,8-10,12H,1-3H3. The van der Waals surface area contributed by atoms with E-state index in [4.69, 9.17) is 0 Å². The van der Waals surface area contributed by atoms with Crippen LogP contribution in [0.25, 0.3) is 0 Å². The van der Waals surface area contributed by atoms with Gasteiger partial charge in [-0.05, 0) is 39.0 Å². The zero-order valence-electron chi connectivity index (χ0n) is 10.3. The first-order valence-electron chi connectivity index (χ1n) is 5.31. The van der Waals surface area contributed by atoms with E-state index in [2.05, 4.69) is 11.8 Å². The van der Waals surface area contributed by atoms with Gasteiger partial charge >= 0.3 is 0 Å². The van der Waals surface area contributed by atoms with Crippen molar-refractivity contribution < 1.29 is 8.42 Å². The summed E-state index contributed by atoms with van der Waals surface area (Å²) in [4.78, 5) is 0.286. The summed E-state index contributed by atoms with van der Waals surface area (Å²) in [6, 6.07) is 8.30. The third-order valence-electron chi connectivity index (χ3n) is 1.85. The zero-order chi connectivity index (χ0) is 12.9. The van der Waals surface area contributed by atoms with Crippen molar-refractivity contribution in [3.05, 3.63) is 41.8 Å². The van der Waals surface area contributed by atoms with Crippen LogP contribution < -0.4 is 0 Å². The maximum atomic E-state index is 11.8. The second-order valence-corrected chi connectivity index (χ2v) is 6.51. The molecule has 17 heavy (non-hydrogen) atoms. The van der Waals surface area contributed by atoms with Gasteiger partial charge in [-0.3, -0.25) is 0 Å². The first-order chi connectivity index (χ1) is 7.81. The number of rotatable bonds is 2. The smallest absolute Gasteiger partial charge is 0.200 e. The molecule has 0 unspecified atom stereocenters. The number of benzene rings is 1. The molecule has 0 N–H and O–H groups in total. The number of hydrogen-bond donors (Lipinski definition) is 0. The predicted molar refractivity (Wildman–Crippen MR) is 70.0 cm³/mol. The Kier molecular flexibility index (Phi) is 4.14. The minimum absolute atomic E-state index is 0.124. The lowest BCUT2D eigenvalue weighted by molar-refractivity contribution is 0.571. The summed E-state index contributed by atoms with van der Waals surface area (Å²) >= 11 is 0.